The van der Waals surface area contributed by atoms with Crippen LogP contribution in [-0.4, -0.2) is 12.4 Å². The summed E-state index contributed by atoms with van der Waals surface area (Å²) in [6, 6.07) is 12.1. The summed E-state index contributed by atoms with van der Waals surface area (Å²) in [5.74, 6) is 2.44. The van der Waals surface area contributed by atoms with E-state index in [1.807, 2.05) is 0 Å². The van der Waals surface area contributed by atoms with Gasteiger partial charge in [0.05, 0.1) is 0 Å². The van der Waals surface area contributed by atoms with Crippen molar-refractivity contribution in [2.24, 2.45) is 0 Å². The third-order valence-corrected chi connectivity index (χ3v) is 2.55. The minimum atomic E-state index is -0.366. The van der Waals surface area contributed by atoms with Gasteiger partial charge in [-0.25, -0.2) is 4.39 Å². The lowest BCUT2D eigenvalue weighted by molar-refractivity contribution is 0.103. The van der Waals surface area contributed by atoms with Gasteiger partial charge in [-0.3, -0.25) is 4.79 Å². The highest BCUT2D eigenvalue weighted by Crippen LogP contribution is 2.15. The zero-order valence-electron chi connectivity index (χ0n) is 10.1. The highest BCUT2D eigenvalue weighted by Gasteiger charge is 2.08. The second-order valence-electron chi connectivity index (χ2n) is 3.85. The quantitative estimate of drug-likeness (QED) is 0.619. The summed E-state index contributed by atoms with van der Waals surface area (Å²) >= 11 is 0. The van der Waals surface area contributed by atoms with E-state index in [9.17, 15) is 9.18 Å². The Morgan fingerprint density at radius 3 is 2.11 bits per heavy atom. The number of ether oxygens (including phenoxy) is 1. The smallest absolute Gasteiger partial charge is 0.193 e. The van der Waals surface area contributed by atoms with Crippen molar-refractivity contribution in [2.45, 2.75) is 0 Å². The average Bonchev–Trinajstić information content (AvgIpc) is 2.46. The van der Waals surface area contributed by atoms with Crippen LogP contribution in [0, 0.1) is 18.2 Å². The van der Waals surface area contributed by atoms with E-state index in [0.717, 1.165) is 0 Å². The van der Waals surface area contributed by atoms with Crippen molar-refractivity contribution < 1.29 is 13.9 Å². The van der Waals surface area contributed by atoms with E-state index in [0.29, 0.717) is 16.9 Å². The van der Waals surface area contributed by atoms with Crippen molar-refractivity contribution in [3.63, 3.8) is 0 Å². The first-order chi connectivity index (χ1) is 9.20. The van der Waals surface area contributed by atoms with Crippen LogP contribution >= 0.6 is 0 Å². The van der Waals surface area contributed by atoms with Gasteiger partial charge < -0.3 is 4.74 Å². The molecule has 0 spiro atoms. The van der Waals surface area contributed by atoms with Crippen LogP contribution in [-0.2, 0) is 0 Å². The maximum atomic E-state index is 12.8. The molecule has 0 N–H and O–H groups in total. The largest absolute Gasteiger partial charge is 0.481 e. The Labute approximate surface area is 110 Å². The van der Waals surface area contributed by atoms with Gasteiger partial charge in [0, 0.05) is 11.1 Å². The number of hydrogen-bond donors (Lipinski definition) is 0. The molecule has 0 aliphatic rings. The second-order valence-corrected chi connectivity index (χ2v) is 3.85. The van der Waals surface area contributed by atoms with Gasteiger partial charge in [0.1, 0.15) is 18.2 Å². The lowest BCUT2D eigenvalue weighted by atomic mass is 10.0. The summed E-state index contributed by atoms with van der Waals surface area (Å²) in [6.07, 6.45) is 5.08. The van der Waals surface area contributed by atoms with Crippen molar-refractivity contribution in [1.82, 2.24) is 0 Å². The molecular weight excluding hydrogens is 243 g/mol. The molecule has 0 saturated carbocycles. The van der Waals surface area contributed by atoms with E-state index in [2.05, 4.69) is 5.92 Å². The van der Waals surface area contributed by atoms with Crippen molar-refractivity contribution in [3.8, 4) is 18.1 Å². The van der Waals surface area contributed by atoms with Gasteiger partial charge in [0.15, 0.2) is 5.78 Å². The molecule has 2 nitrogen and oxygen atoms in total. The van der Waals surface area contributed by atoms with Crippen LogP contribution in [0.3, 0.4) is 0 Å². The van der Waals surface area contributed by atoms with Gasteiger partial charge in [0.25, 0.3) is 0 Å². The van der Waals surface area contributed by atoms with Gasteiger partial charge in [-0.05, 0) is 48.5 Å². The molecule has 94 valence electrons. The molecule has 2 rings (SSSR count). The Hall–Kier alpha value is -2.60. The molecule has 0 atom stereocenters. The molecule has 0 radical (unpaired) electrons. The molecule has 2 aromatic carbocycles. The van der Waals surface area contributed by atoms with E-state index in [1.54, 1.807) is 24.3 Å². The first kappa shape index (κ1) is 12.8. The Balaban J connectivity index is 2.16. The predicted octanol–water partition coefficient (Wildman–Crippen LogP) is 3.07. The number of carbonyl (C=O) groups is 1. The molecule has 19 heavy (non-hydrogen) atoms. The molecule has 0 saturated heterocycles. The fraction of sp³-hybridized carbons (Fsp3) is 0.0625. The van der Waals surface area contributed by atoms with E-state index in [-0.39, 0.29) is 18.2 Å². The van der Waals surface area contributed by atoms with Crippen molar-refractivity contribution in [3.05, 3.63) is 65.5 Å². The molecule has 0 aromatic heterocycles. The molecule has 0 aliphatic heterocycles. The fourth-order valence-corrected chi connectivity index (χ4v) is 1.60. The second kappa shape index (κ2) is 5.83. The SMILES string of the molecule is C#CCOc1ccc(C(=O)c2ccc(F)cc2)cc1. The minimum Gasteiger partial charge on any atom is -0.481 e. The van der Waals surface area contributed by atoms with E-state index in [1.165, 1.54) is 24.3 Å². The Morgan fingerprint density at radius 2 is 1.58 bits per heavy atom. The fourth-order valence-electron chi connectivity index (χ4n) is 1.60. The van der Waals surface area contributed by atoms with Crippen LogP contribution in [0.25, 0.3) is 0 Å². The average molecular weight is 254 g/mol. The zero-order chi connectivity index (χ0) is 13.7. The van der Waals surface area contributed by atoms with E-state index >= 15 is 0 Å². The Morgan fingerprint density at radius 1 is 1.05 bits per heavy atom. The summed E-state index contributed by atoms with van der Waals surface area (Å²) in [6.45, 7) is 0.186. The molecule has 0 fully saturated rings. The van der Waals surface area contributed by atoms with Crippen molar-refractivity contribution >= 4 is 5.78 Å². The van der Waals surface area contributed by atoms with Crippen LogP contribution in [0.5, 0.6) is 5.75 Å². The maximum Gasteiger partial charge on any atom is 0.193 e. The summed E-state index contributed by atoms with van der Waals surface area (Å²) in [5.41, 5.74) is 0.957. The lowest BCUT2D eigenvalue weighted by Gasteiger charge is -2.04. The van der Waals surface area contributed by atoms with Crippen LogP contribution < -0.4 is 4.74 Å². The molecule has 0 unspecified atom stereocenters. The lowest BCUT2D eigenvalue weighted by Crippen LogP contribution is -2.01. The van der Waals surface area contributed by atoms with Gasteiger partial charge in [0.2, 0.25) is 0 Å². The first-order valence-electron chi connectivity index (χ1n) is 5.67. The number of halogens is 1. The molecular formula is C16H11FO2. The Kier molecular flexibility index (Phi) is 3.94. The van der Waals surface area contributed by atoms with Gasteiger partial charge in [-0.15, -0.1) is 6.42 Å². The van der Waals surface area contributed by atoms with E-state index in [4.69, 9.17) is 11.2 Å². The van der Waals surface area contributed by atoms with Gasteiger partial charge in [-0.2, -0.15) is 0 Å². The number of benzene rings is 2. The third kappa shape index (κ3) is 3.20. The molecule has 2 aromatic rings. The number of rotatable bonds is 4. The normalized spacial score (nSPS) is 9.68. The Bertz CT molecular complexity index is 607. The van der Waals surface area contributed by atoms with E-state index < -0.39 is 0 Å². The first-order valence-corrected chi connectivity index (χ1v) is 5.67. The van der Waals surface area contributed by atoms with Gasteiger partial charge in [-0.1, -0.05) is 5.92 Å². The highest BCUT2D eigenvalue weighted by molar-refractivity contribution is 6.08. The number of terminal acetylenes is 1. The number of hydrogen-bond acceptors (Lipinski definition) is 2. The topological polar surface area (TPSA) is 26.3 Å². The third-order valence-electron chi connectivity index (χ3n) is 2.55. The molecule has 0 aliphatic carbocycles. The monoisotopic (exact) mass is 254 g/mol. The summed E-state index contributed by atoms with van der Waals surface area (Å²) < 4.78 is 18.0. The van der Waals surface area contributed by atoms with Crippen LogP contribution in [0.1, 0.15) is 15.9 Å². The highest BCUT2D eigenvalue weighted by atomic mass is 19.1. The van der Waals surface area contributed by atoms with Crippen LogP contribution in [0.15, 0.2) is 48.5 Å². The maximum absolute atomic E-state index is 12.8. The standard InChI is InChI=1S/C16H11FO2/c1-2-11-19-15-9-5-13(6-10-15)16(18)12-3-7-14(17)8-4-12/h1,3-10H,11H2. The van der Waals surface area contributed by atoms with Crippen LogP contribution in [0.4, 0.5) is 4.39 Å². The van der Waals surface area contributed by atoms with Crippen LogP contribution in [0.2, 0.25) is 0 Å². The van der Waals surface area contributed by atoms with Gasteiger partial charge >= 0.3 is 0 Å². The zero-order valence-corrected chi connectivity index (χ0v) is 10.1. The number of carbonyl (C=O) groups excluding carboxylic acids is 1. The molecule has 0 amide bonds. The molecule has 0 bridgehead atoms. The molecule has 3 heteroatoms. The summed E-state index contributed by atoms with van der Waals surface area (Å²) in [5, 5.41) is 0. The van der Waals surface area contributed by atoms with Crippen molar-refractivity contribution in [1.29, 1.82) is 0 Å². The number of ketones is 1. The van der Waals surface area contributed by atoms with Crippen molar-refractivity contribution in [2.75, 3.05) is 6.61 Å². The molecule has 0 heterocycles. The summed E-state index contributed by atoms with van der Waals surface area (Å²) in [4.78, 5) is 12.1. The summed E-state index contributed by atoms with van der Waals surface area (Å²) in [7, 11) is 0. The minimum absolute atomic E-state index is 0.163. The predicted molar refractivity (Wildman–Crippen MR) is 70.6 cm³/mol.